The summed E-state index contributed by atoms with van der Waals surface area (Å²) >= 11 is -1.25. The van der Waals surface area contributed by atoms with Crippen LogP contribution in [0.4, 0.5) is 13.2 Å². The first kappa shape index (κ1) is 19.1. The number of hydrogen-bond donors (Lipinski definition) is 1. The fraction of sp³-hybridized carbons (Fsp3) is 0.643. The Balaban J connectivity index is 2.70. The van der Waals surface area contributed by atoms with E-state index in [1.807, 2.05) is 27.7 Å². The molecule has 0 saturated carbocycles. The average molecular weight is 338 g/mol. The van der Waals surface area contributed by atoms with Gasteiger partial charge in [0.05, 0.1) is 6.04 Å². The molecule has 0 aliphatic heterocycles. The second-order valence-corrected chi connectivity index (χ2v) is 7.79. The molecule has 22 heavy (non-hydrogen) atoms. The normalized spacial score (nSPS) is 15.5. The third-order valence-electron chi connectivity index (χ3n) is 2.76. The summed E-state index contributed by atoms with van der Waals surface area (Å²) in [5.74, 6) is -0.0899. The molecule has 1 unspecified atom stereocenters. The van der Waals surface area contributed by atoms with Gasteiger partial charge in [-0.25, -0.2) is 4.98 Å². The zero-order valence-corrected chi connectivity index (χ0v) is 13.8. The predicted molar refractivity (Wildman–Crippen MR) is 79.9 cm³/mol. The molecule has 4 nitrogen and oxygen atoms in total. The van der Waals surface area contributed by atoms with Crippen LogP contribution in [0.25, 0.3) is 0 Å². The Bertz CT molecular complexity index is 461. The maximum atomic E-state index is 12.1. The van der Waals surface area contributed by atoms with E-state index in [4.69, 9.17) is 0 Å². The highest BCUT2D eigenvalue weighted by atomic mass is 32.2. The van der Waals surface area contributed by atoms with Crippen LogP contribution in [0.2, 0.25) is 0 Å². The lowest BCUT2D eigenvalue weighted by Crippen LogP contribution is -2.41. The number of aromatic nitrogens is 1. The smallest absolute Gasteiger partial charge is 0.422 e. The van der Waals surface area contributed by atoms with Crippen LogP contribution in [0.1, 0.15) is 45.7 Å². The van der Waals surface area contributed by atoms with Gasteiger partial charge in [0.2, 0.25) is 5.88 Å². The maximum absolute atomic E-state index is 12.1. The zero-order valence-electron chi connectivity index (χ0n) is 13.0. The second-order valence-electron chi connectivity index (χ2n) is 5.79. The first-order chi connectivity index (χ1) is 10.0. The molecule has 126 valence electrons. The lowest BCUT2D eigenvalue weighted by Gasteiger charge is -2.27. The molecule has 0 aliphatic rings. The fourth-order valence-electron chi connectivity index (χ4n) is 1.53. The molecule has 0 bridgehead atoms. The first-order valence-electron chi connectivity index (χ1n) is 6.86. The summed E-state index contributed by atoms with van der Waals surface area (Å²) in [5.41, 5.74) is 0.749. The molecule has 1 N–H and O–H groups in total. The maximum Gasteiger partial charge on any atom is 0.422 e. The Kier molecular flexibility index (Phi) is 6.51. The van der Waals surface area contributed by atoms with Crippen molar-refractivity contribution in [3.8, 4) is 5.88 Å². The molecule has 0 aliphatic carbocycles. The van der Waals surface area contributed by atoms with Gasteiger partial charge < -0.3 is 9.29 Å². The van der Waals surface area contributed by atoms with Crippen LogP contribution < -0.4 is 9.46 Å². The van der Waals surface area contributed by atoms with Crippen LogP contribution in [0.3, 0.4) is 0 Å². The van der Waals surface area contributed by atoms with E-state index in [2.05, 4.69) is 14.4 Å². The Hall–Kier alpha value is -0.990. The van der Waals surface area contributed by atoms with E-state index in [1.165, 1.54) is 12.3 Å². The number of nitrogens with zero attached hydrogens (tertiary/aromatic N) is 1. The van der Waals surface area contributed by atoms with Gasteiger partial charge in [0.1, 0.15) is 4.75 Å². The Labute approximate surface area is 131 Å². The van der Waals surface area contributed by atoms with Gasteiger partial charge in [0.15, 0.2) is 6.61 Å². The SMILES string of the molecule is CCC(N[S@+]([O-])C(C)(C)C)c1ccc(OCC(F)(F)F)nc1. The van der Waals surface area contributed by atoms with Gasteiger partial charge in [0, 0.05) is 23.6 Å². The number of alkyl halides is 3. The monoisotopic (exact) mass is 338 g/mol. The molecule has 1 aromatic rings. The molecule has 1 heterocycles. The van der Waals surface area contributed by atoms with E-state index in [0.717, 1.165) is 5.56 Å². The minimum absolute atomic E-state index is 0.0899. The highest BCUT2D eigenvalue weighted by molar-refractivity contribution is 7.90. The largest absolute Gasteiger partial charge is 0.598 e. The summed E-state index contributed by atoms with van der Waals surface area (Å²) in [5, 5.41) is 0. The number of pyridine rings is 1. The number of hydrogen-bond acceptors (Lipinski definition) is 4. The van der Waals surface area contributed by atoms with Crippen molar-refractivity contribution in [2.24, 2.45) is 0 Å². The molecule has 8 heteroatoms. The number of rotatable bonds is 6. The fourth-order valence-corrected chi connectivity index (χ4v) is 2.45. The van der Waals surface area contributed by atoms with E-state index in [0.29, 0.717) is 6.42 Å². The standard InChI is InChI=1S/C14H21F3N2O2S/c1-5-11(19-22(20)13(2,3)4)10-6-7-12(18-8-10)21-9-14(15,16)17/h6-8,11,19H,5,9H2,1-4H3/t11?,22-/m1/s1. The Morgan fingerprint density at radius 3 is 2.36 bits per heavy atom. The summed E-state index contributed by atoms with van der Waals surface area (Å²) < 4.78 is 55.5. The number of nitrogens with one attached hydrogen (secondary N) is 1. The minimum Gasteiger partial charge on any atom is -0.598 e. The van der Waals surface area contributed by atoms with Gasteiger partial charge >= 0.3 is 6.18 Å². The molecule has 1 aromatic heterocycles. The van der Waals surface area contributed by atoms with Crippen molar-refractivity contribution < 1.29 is 22.5 Å². The molecular weight excluding hydrogens is 317 g/mol. The topological polar surface area (TPSA) is 57.2 Å². The van der Waals surface area contributed by atoms with Crippen LogP contribution in [0, 0.1) is 0 Å². The highest BCUT2D eigenvalue weighted by Gasteiger charge is 2.30. The number of halogens is 3. The van der Waals surface area contributed by atoms with Crippen LogP contribution in [0.15, 0.2) is 18.3 Å². The predicted octanol–water partition coefficient (Wildman–Crippen LogP) is 3.53. The molecule has 0 radical (unpaired) electrons. The summed E-state index contributed by atoms with van der Waals surface area (Å²) in [6, 6.07) is 2.81. The van der Waals surface area contributed by atoms with Gasteiger partial charge in [-0.2, -0.15) is 13.2 Å². The van der Waals surface area contributed by atoms with E-state index >= 15 is 0 Å². The van der Waals surface area contributed by atoms with Gasteiger partial charge in [-0.1, -0.05) is 13.0 Å². The summed E-state index contributed by atoms with van der Waals surface area (Å²) in [6.45, 7) is 6.12. The molecular formula is C14H21F3N2O2S. The Morgan fingerprint density at radius 2 is 1.95 bits per heavy atom. The molecule has 0 aromatic carbocycles. The van der Waals surface area contributed by atoms with Gasteiger partial charge in [-0.3, -0.25) is 0 Å². The second kappa shape index (κ2) is 7.52. The lowest BCUT2D eigenvalue weighted by atomic mass is 10.1. The molecule has 0 amide bonds. The van der Waals surface area contributed by atoms with Crippen LogP contribution in [-0.2, 0) is 11.4 Å². The summed E-state index contributed by atoms with van der Waals surface area (Å²) in [7, 11) is 0. The molecule has 0 spiro atoms. The molecule has 1 rings (SSSR count). The molecule has 0 saturated heterocycles. The van der Waals surface area contributed by atoms with Crippen molar-refractivity contribution in [1.29, 1.82) is 0 Å². The van der Waals surface area contributed by atoms with Crippen LogP contribution in [0.5, 0.6) is 5.88 Å². The van der Waals surface area contributed by atoms with Crippen LogP contribution >= 0.6 is 0 Å². The number of ether oxygens (including phenoxy) is 1. The van der Waals surface area contributed by atoms with E-state index in [-0.39, 0.29) is 11.9 Å². The molecule has 2 atom stereocenters. The van der Waals surface area contributed by atoms with Gasteiger partial charge in [-0.15, -0.1) is 4.72 Å². The average Bonchev–Trinajstić information content (AvgIpc) is 2.41. The highest BCUT2D eigenvalue weighted by Crippen LogP contribution is 2.23. The molecule has 0 fully saturated rings. The van der Waals surface area contributed by atoms with Crippen LogP contribution in [-0.4, -0.2) is 27.1 Å². The van der Waals surface area contributed by atoms with Gasteiger partial charge in [0.25, 0.3) is 0 Å². The first-order valence-corrected chi connectivity index (χ1v) is 8.01. The van der Waals surface area contributed by atoms with E-state index in [9.17, 15) is 17.7 Å². The van der Waals surface area contributed by atoms with Gasteiger partial charge in [-0.05, 0) is 32.8 Å². The zero-order chi connectivity index (χ0) is 17.0. The van der Waals surface area contributed by atoms with Crippen molar-refractivity contribution in [3.05, 3.63) is 23.9 Å². The third-order valence-corrected chi connectivity index (χ3v) is 4.37. The van der Waals surface area contributed by atoms with E-state index < -0.39 is 28.9 Å². The third kappa shape index (κ3) is 6.41. The lowest BCUT2D eigenvalue weighted by molar-refractivity contribution is -0.154. The van der Waals surface area contributed by atoms with E-state index in [1.54, 1.807) is 6.07 Å². The van der Waals surface area contributed by atoms with Crippen molar-refractivity contribution in [2.75, 3.05) is 6.61 Å². The van der Waals surface area contributed by atoms with Crippen molar-refractivity contribution >= 4 is 11.4 Å². The van der Waals surface area contributed by atoms with Crippen molar-refractivity contribution in [2.45, 2.75) is 51.1 Å². The quantitative estimate of drug-likeness (QED) is 0.806. The Morgan fingerprint density at radius 1 is 1.32 bits per heavy atom. The summed E-state index contributed by atoms with van der Waals surface area (Å²) in [4.78, 5) is 3.86. The van der Waals surface area contributed by atoms with Crippen molar-refractivity contribution in [1.82, 2.24) is 9.71 Å². The summed E-state index contributed by atoms with van der Waals surface area (Å²) in [6.07, 6.45) is -2.28. The van der Waals surface area contributed by atoms with Crippen molar-refractivity contribution in [3.63, 3.8) is 0 Å². The minimum atomic E-state index is -4.39.